The molecular weight excluding hydrogens is 374 g/mol. The number of pyridine rings is 1. The van der Waals surface area contributed by atoms with E-state index in [-0.39, 0.29) is 24.5 Å². The number of hydrogen-bond donors (Lipinski definition) is 3. The second kappa shape index (κ2) is 9.31. The highest BCUT2D eigenvalue weighted by atomic mass is 16.5. The number of ketones is 1. The van der Waals surface area contributed by atoms with Crippen LogP contribution in [0.15, 0.2) is 54.4 Å². The zero-order valence-corrected chi connectivity index (χ0v) is 16.0. The Bertz CT molecular complexity index is 896. The minimum atomic E-state index is -0.748. The largest absolute Gasteiger partial charge is 0.507 e. The average Bonchev–Trinajstić information content (AvgIpc) is 3.01. The van der Waals surface area contributed by atoms with E-state index in [0.29, 0.717) is 30.0 Å². The molecule has 8 heteroatoms. The standard InChI is InChI=1S/C21H23N3O5/c1-29-16-6-4-14(5-7-16)19(26)17-18(15-3-2-8-23-13-15)24(21(28)20(17)27)11-9-22-10-12-25/h2-8,13,18,22,25-26H,9-12H2,1H3/t18-/m0/s1. The monoisotopic (exact) mass is 397 g/mol. The van der Waals surface area contributed by atoms with Gasteiger partial charge in [-0.1, -0.05) is 6.07 Å². The molecule has 2 heterocycles. The van der Waals surface area contributed by atoms with Crippen LogP contribution in [0.25, 0.3) is 5.76 Å². The van der Waals surface area contributed by atoms with E-state index in [2.05, 4.69) is 10.3 Å². The van der Waals surface area contributed by atoms with Crippen LogP contribution in [0, 0.1) is 0 Å². The Morgan fingerprint density at radius 3 is 2.59 bits per heavy atom. The number of aliphatic hydroxyl groups is 2. The molecule has 3 rings (SSSR count). The fourth-order valence-corrected chi connectivity index (χ4v) is 3.30. The van der Waals surface area contributed by atoms with Crippen LogP contribution in [0.2, 0.25) is 0 Å². The Balaban J connectivity index is 2.02. The quantitative estimate of drug-likeness (QED) is 0.265. The number of aromatic nitrogens is 1. The minimum Gasteiger partial charge on any atom is -0.507 e. The third-order valence-corrected chi connectivity index (χ3v) is 4.72. The van der Waals surface area contributed by atoms with Gasteiger partial charge in [-0.3, -0.25) is 14.6 Å². The van der Waals surface area contributed by atoms with Gasteiger partial charge in [0.2, 0.25) is 0 Å². The number of hydrogen-bond acceptors (Lipinski definition) is 7. The summed E-state index contributed by atoms with van der Waals surface area (Å²) >= 11 is 0. The third-order valence-electron chi connectivity index (χ3n) is 4.72. The molecule has 1 aromatic carbocycles. The van der Waals surface area contributed by atoms with E-state index in [1.54, 1.807) is 48.8 Å². The van der Waals surface area contributed by atoms with Gasteiger partial charge in [0.25, 0.3) is 11.7 Å². The number of aliphatic hydroxyl groups excluding tert-OH is 2. The molecule has 8 nitrogen and oxygen atoms in total. The van der Waals surface area contributed by atoms with Crippen LogP contribution in [0.3, 0.4) is 0 Å². The number of carbonyl (C=O) groups excluding carboxylic acids is 2. The van der Waals surface area contributed by atoms with Gasteiger partial charge in [-0.2, -0.15) is 0 Å². The molecule has 0 radical (unpaired) electrons. The van der Waals surface area contributed by atoms with E-state index in [0.717, 1.165) is 0 Å². The second-order valence-corrected chi connectivity index (χ2v) is 6.48. The second-order valence-electron chi connectivity index (χ2n) is 6.48. The zero-order chi connectivity index (χ0) is 20.8. The number of ether oxygens (including phenoxy) is 1. The number of likely N-dealkylation sites (tertiary alicyclic amines) is 1. The van der Waals surface area contributed by atoms with Crippen LogP contribution in [0.4, 0.5) is 0 Å². The van der Waals surface area contributed by atoms with Crippen LogP contribution in [0.1, 0.15) is 17.2 Å². The van der Waals surface area contributed by atoms with Crippen LogP contribution in [0.5, 0.6) is 5.75 Å². The topological polar surface area (TPSA) is 112 Å². The lowest BCUT2D eigenvalue weighted by molar-refractivity contribution is -0.139. The molecule has 1 aliphatic rings. The van der Waals surface area contributed by atoms with Gasteiger partial charge in [-0.15, -0.1) is 0 Å². The fraction of sp³-hybridized carbons (Fsp3) is 0.286. The molecule has 0 spiro atoms. The summed E-state index contributed by atoms with van der Waals surface area (Å²) in [4.78, 5) is 31.0. The first kappa shape index (κ1) is 20.5. The lowest BCUT2D eigenvalue weighted by Gasteiger charge is -2.25. The summed E-state index contributed by atoms with van der Waals surface area (Å²) < 4.78 is 5.12. The summed E-state index contributed by atoms with van der Waals surface area (Å²) in [5, 5.41) is 22.8. The maximum Gasteiger partial charge on any atom is 0.295 e. The van der Waals surface area contributed by atoms with E-state index in [1.807, 2.05) is 0 Å². The first-order chi connectivity index (χ1) is 14.1. The van der Waals surface area contributed by atoms with Crippen molar-refractivity contribution in [2.75, 3.05) is 33.4 Å². The van der Waals surface area contributed by atoms with Crippen molar-refractivity contribution in [3.05, 3.63) is 65.5 Å². The zero-order valence-electron chi connectivity index (χ0n) is 16.0. The van der Waals surface area contributed by atoms with Crippen molar-refractivity contribution in [2.45, 2.75) is 6.04 Å². The van der Waals surface area contributed by atoms with E-state index in [9.17, 15) is 14.7 Å². The number of rotatable bonds is 8. The third kappa shape index (κ3) is 4.28. The molecule has 1 atom stereocenters. The summed E-state index contributed by atoms with van der Waals surface area (Å²) in [6.07, 6.45) is 3.17. The number of carbonyl (C=O) groups is 2. The van der Waals surface area contributed by atoms with Crippen molar-refractivity contribution in [1.82, 2.24) is 15.2 Å². The molecule has 0 unspecified atom stereocenters. The highest BCUT2D eigenvalue weighted by Crippen LogP contribution is 2.38. The van der Waals surface area contributed by atoms with Crippen molar-refractivity contribution in [2.24, 2.45) is 0 Å². The summed E-state index contributed by atoms with van der Waals surface area (Å²) in [7, 11) is 1.54. The number of amides is 1. The number of Topliss-reactive ketones (excluding diaryl/α,β-unsaturated/α-hetero) is 1. The normalized spacial score (nSPS) is 18.3. The Morgan fingerprint density at radius 2 is 1.97 bits per heavy atom. The first-order valence-electron chi connectivity index (χ1n) is 9.22. The Hall–Kier alpha value is -3.23. The summed E-state index contributed by atoms with van der Waals surface area (Å²) in [5.41, 5.74) is 1.07. The number of benzene rings is 1. The van der Waals surface area contributed by atoms with Crippen molar-refractivity contribution in [3.8, 4) is 5.75 Å². The van der Waals surface area contributed by atoms with Crippen LogP contribution >= 0.6 is 0 Å². The molecule has 2 aromatic rings. The van der Waals surface area contributed by atoms with Crippen LogP contribution in [-0.2, 0) is 9.59 Å². The fourth-order valence-electron chi connectivity index (χ4n) is 3.30. The first-order valence-corrected chi connectivity index (χ1v) is 9.22. The lowest BCUT2D eigenvalue weighted by Crippen LogP contribution is -2.36. The van der Waals surface area contributed by atoms with E-state index in [1.165, 1.54) is 12.0 Å². The van der Waals surface area contributed by atoms with Gasteiger partial charge in [-0.05, 0) is 35.9 Å². The van der Waals surface area contributed by atoms with E-state index < -0.39 is 17.7 Å². The molecule has 1 aliphatic heterocycles. The molecule has 0 aliphatic carbocycles. The van der Waals surface area contributed by atoms with E-state index in [4.69, 9.17) is 9.84 Å². The predicted molar refractivity (Wildman–Crippen MR) is 106 cm³/mol. The Kier molecular flexibility index (Phi) is 6.58. The van der Waals surface area contributed by atoms with Gasteiger partial charge in [-0.25, -0.2) is 0 Å². The summed E-state index contributed by atoms with van der Waals surface area (Å²) in [5.74, 6) is -1.06. The van der Waals surface area contributed by atoms with Gasteiger partial charge in [0.1, 0.15) is 11.5 Å². The lowest BCUT2D eigenvalue weighted by atomic mass is 9.96. The molecule has 1 aromatic heterocycles. The predicted octanol–water partition coefficient (Wildman–Crippen LogP) is 1.09. The SMILES string of the molecule is COc1ccc(C(O)=C2C(=O)C(=O)N(CCNCCO)[C@H]2c2cccnc2)cc1. The Morgan fingerprint density at radius 1 is 1.21 bits per heavy atom. The van der Waals surface area contributed by atoms with Crippen molar-refractivity contribution in [3.63, 3.8) is 0 Å². The van der Waals surface area contributed by atoms with Crippen LogP contribution in [-0.4, -0.2) is 65.1 Å². The smallest absolute Gasteiger partial charge is 0.295 e. The molecule has 1 amide bonds. The molecule has 0 bridgehead atoms. The van der Waals surface area contributed by atoms with Gasteiger partial charge in [0.15, 0.2) is 0 Å². The summed E-state index contributed by atoms with van der Waals surface area (Å²) in [6.45, 7) is 0.992. The van der Waals surface area contributed by atoms with Crippen molar-refractivity contribution < 1.29 is 24.5 Å². The number of nitrogens with one attached hydrogen (secondary N) is 1. The average molecular weight is 397 g/mol. The maximum atomic E-state index is 12.8. The molecule has 1 saturated heterocycles. The van der Waals surface area contributed by atoms with E-state index >= 15 is 0 Å². The summed E-state index contributed by atoms with van der Waals surface area (Å²) in [6, 6.07) is 9.33. The van der Waals surface area contributed by atoms with Gasteiger partial charge in [0, 0.05) is 37.6 Å². The number of methoxy groups -OCH3 is 1. The molecule has 152 valence electrons. The molecule has 29 heavy (non-hydrogen) atoms. The van der Waals surface area contributed by atoms with Gasteiger partial charge < -0.3 is 25.2 Å². The van der Waals surface area contributed by atoms with Gasteiger partial charge >= 0.3 is 0 Å². The highest BCUT2D eigenvalue weighted by molar-refractivity contribution is 6.46. The van der Waals surface area contributed by atoms with Crippen LogP contribution < -0.4 is 10.1 Å². The molecule has 3 N–H and O–H groups in total. The van der Waals surface area contributed by atoms with Gasteiger partial charge in [0.05, 0.1) is 25.3 Å². The highest BCUT2D eigenvalue weighted by Gasteiger charge is 2.45. The minimum absolute atomic E-state index is 0.0234. The van der Waals surface area contributed by atoms with Crippen molar-refractivity contribution >= 4 is 17.4 Å². The number of nitrogens with zero attached hydrogens (tertiary/aromatic N) is 2. The van der Waals surface area contributed by atoms with Crippen molar-refractivity contribution in [1.29, 1.82) is 0 Å². The molecule has 0 saturated carbocycles. The molecule has 1 fully saturated rings. The maximum absolute atomic E-state index is 12.8. The molecular formula is C21H23N3O5. The Labute approximate surface area is 168 Å².